The van der Waals surface area contributed by atoms with Gasteiger partial charge in [-0.1, -0.05) is 48.5 Å². The first kappa shape index (κ1) is 22.2. The van der Waals surface area contributed by atoms with E-state index in [4.69, 9.17) is 17.0 Å². The predicted octanol–water partition coefficient (Wildman–Crippen LogP) is 5.37. The van der Waals surface area contributed by atoms with Crippen molar-refractivity contribution in [1.29, 1.82) is 0 Å². The molecule has 0 aliphatic carbocycles. The standard InChI is InChI=1S/C28H19N3O3S/c32-26-24(18-19-9-11-20(12-10-19)25-8-4-5-17-29-25)27(33)31(28(35)30-26)21-13-15-23(16-14-21)34-22-6-2-1-3-7-22/h1-18H,(H,30,32,35)/b24-18+. The summed E-state index contributed by atoms with van der Waals surface area (Å²) < 4.78 is 5.81. The normalized spacial score (nSPS) is 14.7. The summed E-state index contributed by atoms with van der Waals surface area (Å²) in [7, 11) is 0. The van der Waals surface area contributed by atoms with Crippen LogP contribution in [0.25, 0.3) is 17.3 Å². The van der Waals surface area contributed by atoms with Gasteiger partial charge in [-0.05, 0) is 72.4 Å². The van der Waals surface area contributed by atoms with Gasteiger partial charge in [0.25, 0.3) is 11.8 Å². The highest BCUT2D eigenvalue weighted by Gasteiger charge is 2.34. The van der Waals surface area contributed by atoms with E-state index >= 15 is 0 Å². The summed E-state index contributed by atoms with van der Waals surface area (Å²) in [4.78, 5) is 31.5. The van der Waals surface area contributed by atoms with E-state index in [9.17, 15) is 9.59 Å². The van der Waals surface area contributed by atoms with E-state index in [1.54, 1.807) is 36.5 Å². The van der Waals surface area contributed by atoms with E-state index in [2.05, 4.69) is 10.3 Å². The number of ether oxygens (including phenoxy) is 1. The third-order valence-electron chi connectivity index (χ3n) is 5.36. The predicted molar refractivity (Wildman–Crippen MR) is 139 cm³/mol. The van der Waals surface area contributed by atoms with Crippen molar-refractivity contribution in [3.8, 4) is 22.8 Å². The number of hydrogen-bond acceptors (Lipinski definition) is 5. The molecule has 1 aliphatic heterocycles. The van der Waals surface area contributed by atoms with Crippen LogP contribution in [0.4, 0.5) is 5.69 Å². The van der Waals surface area contributed by atoms with Crippen LogP contribution >= 0.6 is 12.2 Å². The van der Waals surface area contributed by atoms with E-state index in [-0.39, 0.29) is 10.7 Å². The minimum atomic E-state index is -0.533. The molecule has 6 nitrogen and oxygen atoms in total. The van der Waals surface area contributed by atoms with Crippen LogP contribution in [-0.2, 0) is 9.59 Å². The molecule has 1 fully saturated rings. The monoisotopic (exact) mass is 477 g/mol. The molecule has 1 saturated heterocycles. The molecule has 2 amide bonds. The topological polar surface area (TPSA) is 71.5 Å². The SMILES string of the molecule is O=C1NC(=S)N(c2ccc(Oc3ccccc3)cc2)C(=O)/C1=C/c1ccc(-c2ccccn2)cc1. The van der Waals surface area contributed by atoms with Crippen molar-refractivity contribution in [3.63, 3.8) is 0 Å². The van der Waals surface area contributed by atoms with Crippen molar-refractivity contribution < 1.29 is 14.3 Å². The summed E-state index contributed by atoms with van der Waals surface area (Å²) in [6.07, 6.45) is 3.29. The van der Waals surface area contributed by atoms with Crippen molar-refractivity contribution in [3.05, 3.63) is 114 Å². The Morgan fingerprint density at radius 3 is 2.17 bits per heavy atom. The van der Waals surface area contributed by atoms with Gasteiger partial charge in [0.1, 0.15) is 17.1 Å². The molecule has 0 bridgehead atoms. The van der Waals surface area contributed by atoms with Crippen LogP contribution in [0.3, 0.4) is 0 Å². The Morgan fingerprint density at radius 2 is 1.49 bits per heavy atom. The summed E-state index contributed by atoms with van der Waals surface area (Å²) in [5.41, 5.74) is 3.01. The first-order valence-corrected chi connectivity index (χ1v) is 11.3. The molecule has 3 aromatic carbocycles. The van der Waals surface area contributed by atoms with Gasteiger partial charge in [0.15, 0.2) is 5.11 Å². The van der Waals surface area contributed by atoms with Gasteiger partial charge in [0.2, 0.25) is 0 Å². The number of thiocarbonyl (C=S) groups is 1. The Hall–Kier alpha value is -4.62. The van der Waals surface area contributed by atoms with Crippen LogP contribution in [0.1, 0.15) is 5.56 Å². The fourth-order valence-corrected chi connectivity index (χ4v) is 3.91. The molecule has 0 atom stereocenters. The number of carbonyl (C=O) groups is 2. The van der Waals surface area contributed by atoms with Gasteiger partial charge in [0.05, 0.1) is 11.4 Å². The molecule has 2 heterocycles. The quantitative estimate of drug-likeness (QED) is 0.238. The number of anilines is 1. The van der Waals surface area contributed by atoms with Crippen LogP contribution in [0.5, 0.6) is 11.5 Å². The van der Waals surface area contributed by atoms with E-state index in [1.165, 1.54) is 4.90 Å². The van der Waals surface area contributed by atoms with Crippen LogP contribution in [0, 0.1) is 0 Å². The van der Waals surface area contributed by atoms with Gasteiger partial charge in [-0.3, -0.25) is 24.8 Å². The number of para-hydroxylation sites is 1. The number of hydrogen-bond donors (Lipinski definition) is 1. The number of amides is 2. The Bertz CT molecular complexity index is 1420. The van der Waals surface area contributed by atoms with E-state index in [0.29, 0.717) is 22.7 Å². The number of nitrogens with one attached hydrogen (secondary N) is 1. The zero-order valence-corrected chi connectivity index (χ0v) is 19.2. The lowest BCUT2D eigenvalue weighted by Crippen LogP contribution is -2.54. The molecule has 0 unspecified atom stereocenters. The molecule has 1 aliphatic rings. The molecule has 0 radical (unpaired) electrons. The lowest BCUT2D eigenvalue weighted by molar-refractivity contribution is -0.122. The van der Waals surface area contributed by atoms with Gasteiger partial charge in [-0.15, -0.1) is 0 Å². The smallest absolute Gasteiger partial charge is 0.270 e. The number of carbonyl (C=O) groups excluding carboxylic acids is 2. The lowest BCUT2D eigenvalue weighted by atomic mass is 10.0. The van der Waals surface area contributed by atoms with Gasteiger partial charge >= 0.3 is 0 Å². The molecule has 5 rings (SSSR count). The van der Waals surface area contributed by atoms with Crippen molar-refractivity contribution >= 4 is 40.9 Å². The molecule has 4 aromatic rings. The Balaban J connectivity index is 1.38. The second kappa shape index (κ2) is 9.70. The highest BCUT2D eigenvalue weighted by Crippen LogP contribution is 2.27. The molecule has 1 N–H and O–H groups in total. The molecule has 35 heavy (non-hydrogen) atoms. The van der Waals surface area contributed by atoms with E-state index < -0.39 is 11.8 Å². The van der Waals surface area contributed by atoms with E-state index in [1.807, 2.05) is 72.8 Å². The maximum absolute atomic E-state index is 13.3. The largest absolute Gasteiger partial charge is 0.457 e. The Labute approximate surface area is 207 Å². The molecule has 1 aromatic heterocycles. The number of aromatic nitrogens is 1. The second-order valence-corrected chi connectivity index (χ2v) is 8.09. The van der Waals surface area contributed by atoms with Gasteiger partial charge in [-0.2, -0.15) is 0 Å². The zero-order chi connectivity index (χ0) is 24.2. The average Bonchev–Trinajstić information content (AvgIpc) is 2.89. The molecular formula is C28H19N3O3S. The fourth-order valence-electron chi connectivity index (χ4n) is 3.63. The molecule has 0 saturated carbocycles. The number of nitrogens with zero attached hydrogens (tertiary/aromatic N) is 2. The maximum atomic E-state index is 13.3. The first-order chi connectivity index (χ1) is 17.1. The maximum Gasteiger partial charge on any atom is 0.270 e. The number of rotatable bonds is 5. The average molecular weight is 478 g/mol. The first-order valence-electron chi connectivity index (χ1n) is 10.8. The van der Waals surface area contributed by atoms with Crippen molar-refractivity contribution in [2.45, 2.75) is 0 Å². The molecule has 170 valence electrons. The molecular weight excluding hydrogens is 458 g/mol. The van der Waals surface area contributed by atoms with Crippen molar-refractivity contribution in [2.75, 3.05) is 4.90 Å². The van der Waals surface area contributed by atoms with Gasteiger partial charge in [-0.25, -0.2) is 0 Å². The van der Waals surface area contributed by atoms with Crippen LogP contribution in [0.15, 0.2) is 109 Å². The summed E-state index contributed by atoms with van der Waals surface area (Å²) in [5, 5.41) is 2.64. The van der Waals surface area contributed by atoms with Gasteiger partial charge < -0.3 is 4.74 Å². The third kappa shape index (κ3) is 4.85. The lowest BCUT2D eigenvalue weighted by Gasteiger charge is -2.29. The van der Waals surface area contributed by atoms with Crippen LogP contribution in [0.2, 0.25) is 0 Å². The second-order valence-electron chi connectivity index (χ2n) is 7.70. The highest BCUT2D eigenvalue weighted by molar-refractivity contribution is 7.80. The van der Waals surface area contributed by atoms with Crippen LogP contribution < -0.4 is 15.0 Å². The minimum Gasteiger partial charge on any atom is -0.457 e. The molecule has 0 spiro atoms. The van der Waals surface area contributed by atoms with Gasteiger partial charge in [0, 0.05) is 11.8 Å². The van der Waals surface area contributed by atoms with Crippen molar-refractivity contribution in [2.24, 2.45) is 0 Å². The summed E-state index contributed by atoms with van der Waals surface area (Å²) in [6.45, 7) is 0. The fraction of sp³-hybridized carbons (Fsp3) is 0. The highest BCUT2D eigenvalue weighted by atomic mass is 32.1. The molecule has 7 heteroatoms. The number of pyridine rings is 1. The van der Waals surface area contributed by atoms with Crippen LogP contribution in [-0.4, -0.2) is 21.9 Å². The number of benzene rings is 3. The summed E-state index contributed by atoms with van der Waals surface area (Å²) in [6, 6.07) is 29.5. The summed E-state index contributed by atoms with van der Waals surface area (Å²) >= 11 is 5.30. The minimum absolute atomic E-state index is 0.00574. The van der Waals surface area contributed by atoms with E-state index in [0.717, 1.165) is 11.3 Å². The van der Waals surface area contributed by atoms with Crippen molar-refractivity contribution in [1.82, 2.24) is 10.3 Å². The Morgan fingerprint density at radius 1 is 0.800 bits per heavy atom. The summed E-state index contributed by atoms with van der Waals surface area (Å²) in [5.74, 6) is 0.290. The Kier molecular flexibility index (Phi) is 6.15. The zero-order valence-electron chi connectivity index (χ0n) is 18.4. The third-order valence-corrected chi connectivity index (χ3v) is 5.64.